The normalized spacial score (nSPS) is 12.0. The van der Waals surface area contributed by atoms with Crippen LogP contribution in [0.5, 0.6) is 0 Å². The Kier molecular flexibility index (Phi) is 5.12. The van der Waals surface area contributed by atoms with Gasteiger partial charge >= 0.3 is 6.03 Å². The number of hydrogen-bond donors (Lipinski definition) is 3. The lowest BCUT2D eigenvalue weighted by Crippen LogP contribution is -2.32. The maximum absolute atomic E-state index is 13.5. The standard InChI is InChI=1S/C20H20FN3O3/c1-3-16(18-11(2)15-10-13(21)7-8-17(15)27-18)24-20(26)23-14-6-4-5-12(9-14)19(22)25/h4-10,16H,3H2,1-2H3,(H2,22,25)(H2,23,24,26). The van der Waals surface area contributed by atoms with Gasteiger partial charge < -0.3 is 20.8 Å². The smallest absolute Gasteiger partial charge is 0.319 e. The van der Waals surface area contributed by atoms with Crippen LogP contribution in [0.15, 0.2) is 46.9 Å². The Balaban J connectivity index is 1.79. The van der Waals surface area contributed by atoms with Crippen molar-refractivity contribution in [3.05, 3.63) is 65.2 Å². The van der Waals surface area contributed by atoms with E-state index in [4.69, 9.17) is 10.2 Å². The number of nitrogens with one attached hydrogen (secondary N) is 2. The van der Waals surface area contributed by atoms with E-state index in [1.54, 1.807) is 24.3 Å². The molecular weight excluding hydrogens is 349 g/mol. The van der Waals surface area contributed by atoms with Crippen LogP contribution in [0.1, 0.15) is 41.1 Å². The number of nitrogens with two attached hydrogens (primary N) is 1. The molecule has 2 aromatic carbocycles. The van der Waals surface area contributed by atoms with E-state index in [9.17, 15) is 14.0 Å². The molecule has 0 saturated heterocycles. The molecule has 3 rings (SSSR count). The average Bonchev–Trinajstić information content (AvgIpc) is 2.96. The molecule has 0 bridgehead atoms. The molecule has 0 aliphatic carbocycles. The molecule has 140 valence electrons. The van der Waals surface area contributed by atoms with E-state index in [-0.39, 0.29) is 11.9 Å². The molecule has 1 unspecified atom stereocenters. The van der Waals surface area contributed by atoms with Gasteiger partial charge in [0.05, 0.1) is 6.04 Å². The first kappa shape index (κ1) is 18.4. The van der Waals surface area contributed by atoms with Gasteiger partial charge in [-0.3, -0.25) is 4.79 Å². The van der Waals surface area contributed by atoms with Gasteiger partial charge in [0.2, 0.25) is 5.91 Å². The molecule has 3 aromatic rings. The molecule has 0 fully saturated rings. The number of amides is 3. The van der Waals surface area contributed by atoms with Crippen molar-refractivity contribution in [3.8, 4) is 0 Å². The number of halogens is 1. The van der Waals surface area contributed by atoms with Crippen LogP contribution < -0.4 is 16.4 Å². The van der Waals surface area contributed by atoms with Gasteiger partial charge in [-0.25, -0.2) is 9.18 Å². The summed E-state index contributed by atoms with van der Waals surface area (Å²) in [5, 5.41) is 6.20. The molecule has 0 saturated carbocycles. The van der Waals surface area contributed by atoms with Gasteiger partial charge in [0.1, 0.15) is 17.2 Å². The lowest BCUT2D eigenvalue weighted by molar-refractivity contribution is 0.1000. The number of fused-ring (bicyclic) bond motifs is 1. The van der Waals surface area contributed by atoms with E-state index < -0.39 is 11.9 Å². The summed E-state index contributed by atoms with van der Waals surface area (Å²) in [5.41, 5.74) is 7.35. The maximum atomic E-state index is 13.5. The van der Waals surface area contributed by atoms with Crippen molar-refractivity contribution >= 4 is 28.6 Å². The summed E-state index contributed by atoms with van der Waals surface area (Å²) in [6.45, 7) is 3.74. The Labute approximate surface area is 155 Å². The first-order valence-corrected chi connectivity index (χ1v) is 8.55. The van der Waals surface area contributed by atoms with Crippen LogP contribution in [-0.2, 0) is 0 Å². The summed E-state index contributed by atoms with van der Waals surface area (Å²) in [5.74, 6) is -0.333. The van der Waals surface area contributed by atoms with Gasteiger partial charge in [-0.1, -0.05) is 13.0 Å². The number of benzene rings is 2. The maximum Gasteiger partial charge on any atom is 0.319 e. The number of hydrogen-bond acceptors (Lipinski definition) is 3. The van der Waals surface area contributed by atoms with Crippen molar-refractivity contribution < 1.29 is 18.4 Å². The Morgan fingerprint density at radius 3 is 2.70 bits per heavy atom. The number of carbonyl (C=O) groups excluding carboxylic acids is 2. The fourth-order valence-corrected chi connectivity index (χ4v) is 2.97. The zero-order chi connectivity index (χ0) is 19.6. The zero-order valence-electron chi connectivity index (χ0n) is 15.0. The Morgan fingerprint density at radius 1 is 1.22 bits per heavy atom. The van der Waals surface area contributed by atoms with Crippen LogP contribution >= 0.6 is 0 Å². The predicted molar refractivity (Wildman–Crippen MR) is 101 cm³/mol. The van der Waals surface area contributed by atoms with Gasteiger partial charge in [0.25, 0.3) is 0 Å². The van der Waals surface area contributed by atoms with Crippen LogP contribution in [0.25, 0.3) is 11.0 Å². The summed E-state index contributed by atoms with van der Waals surface area (Å²) in [7, 11) is 0. The monoisotopic (exact) mass is 369 g/mol. The SMILES string of the molecule is CCC(NC(=O)Nc1cccc(C(N)=O)c1)c1oc2ccc(F)cc2c1C. The number of aryl methyl sites for hydroxylation is 1. The highest BCUT2D eigenvalue weighted by Crippen LogP contribution is 2.31. The Hall–Kier alpha value is -3.35. The summed E-state index contributed by atoms with van der Waals surface area (Å²) < 4.78 is 19.3. The van der Waals surface area contributed by atoms with E-state index in [2.05, 4.69) is 10.6 Å². The molecule has 0 radical (unpaired) electrons. The highest BCUT2D eigenvalue weighted by molar-refractivity contribution is 5.96. The van der Waals surface area contributed by atoms with Crippen LogP contribution in [0.4, 0.5) is 14.9 Å². The molecule has 1 aromatic heterocycles. The number of anilines is 1. The second kappa shape index (κ2) is 7.49. The minimum atomic E-state index is -0.573. The third-order valence-corrected chi connectivity index (χ3v) is 4.37. The molecule has 1 heterocycles. The van der Waals surface area contributed by atoms with Gasteiger partial charge in [-0.15, -0.1) is 0 Å². The van der Waals surface area contributed by atoms with Gasteiger partial charge in [-0.2, -0.15) is 0 Å². The molecule has 0 aliphatic heterocycles. The van der Waals surface area contributed by atoms with Crippen LogP contribution in [0.3, 0.4) is 0 Å². The quantitative estimate of drug-likeness (QED) is 0.627. The van der Waals surface area contributed by atoms with Crippen molar-refractivity contribution in [1.82, 2.24) is 5.32 Å². The van der Waals surface area contributed by atoms with Gasteiger partial charge in [0, 0.05) is 22.2 Å². The number of primary amides is 1. The number of carbonyl (C=O) groups is 2. The van der Waals surface area contributed by atoms with Crippen molar-refractivity contribution in [2.45, 2.75) is 26.3 Å². The molecule has 6 nitrogen and oxygen atoms in total. The minimum Gasteiger partial charge on any atom is -0.459 e. The topological polar surface area (TPSA) is 97.4 Å². The van der Waals surface area contributed by atoms with E-state index >= 15 is 0 Å². The van der Waals surface area contributed by atoms with Crippen LogP contribution in [0, 0.1) is 12.7 Å². The highest BCUT2D eigenvalue weighted by atomic mass is 19.1. The predicted octanol–water partition coefficient (Wildman–Crippen LogP) is 4.25. The molecule has 27 heavy (non-hydrogen) atoms. The number of rotatable bonds is 5. The second-order valence-corrected chi connectivity index (χ2v) is 6.24. The third kappa shape index (κ3) is 3.92. The van der Waals surface area contributed by atoms with E-state index in [1.807, 2.05) is 13.8 Å². The lowest BCUT2D eigenvalue weighted by Gasteiger charge is -2.16. The molecule has 3 amide bonds. The van der Waals surface area contributed by atoms with Gasteiger partial charge in [-0.05, 0) is 49.7 Å². The van der Waals surface area contributed by atoms with Crippen LogP contribution in [-0.4, -0.2) is 11.9 Å². The van der Waals surface area contributed by atoms with Crippen molar-refractivity contribution in [3.63, 3.8) is 0 Å². The molecule has 7 heteroatoms. The first-order chi connectivity index (χ1) is 12.9. The largest absolute Gasteiger partial charge is 0.459 e. The molecular formula is C20H20FN3O3. The first-order valence-electron chi connectivity index (χ1n) is 8.55. The van der Waals surface area contributed by atoms with Crippen LogP contribution in [0.2, 0.25) is 0 Å². The fraction of sp³-hybridized carbons (Fsp3) is 0.200. The van der Waals surface area contributed by atoms with E-state index in [1.165, 1.54) is 18.2 Å². The number of furan rings is 1. The van der Waals surface area contributed by atoms with Crippen molar-refractivity contribution in [2.24, 2.45) is 5.73 Å². The average molecular weight is 369 g/mol. The number of urea groups is 1. The van der Waals surface area contributed by atoms with Crippen molar-refractivity contribution in [2.75, 3.05) is 5.32 Å². The Morgan fingerprint density at radius 2 is 2.00 bits per heavy atom. The second-order valence-electron chi connectivity index (χ2n) is 6.24. The fourth-order valence-electron chi connectivity index (χ4n) is 2.97. The van der Waals surface area contributed by atoms with E-state index in [0.717, 1.165) is 5.56 Å². The lowest BCUT2D eigenvalue weighted by atomic mass is 10.1. The molecule has 0 aliphatic rings. The summed E-state index contributed by atoms with van der Waals surface area (Å²) in [6.07, 6.45) is 0.581. The highest BCUT2D eigenvalue weighted by Gasteiger charge is 2.21. The minimum absolute atomic E-state index is 0.301. The summed E-state index contributed by atoms with van der Waals surface area (Å²) >= 11 is 0. The Bertz CT molecular complexity index is 1010. The molecule has 0 spiro atoms. The summed E-state index contributed by atoms with van der Waals surface area (Å²) in [6, 6.07) is 9.84. The molecule has 1 atom stereocenters. The van der Waals surface area contributed by atoms with Crippen molar-refractivity contribution in [1.29, 1.82) is 0 Å². The van der Waals surface area contributed by atoms with Gasteiger partial charge in [0.15, 0.2) is 0 Å². The third-order valence-electron chi connectivity index (χ3n) is 4.37. The molecule has 4 N–H and O–H groups in total. The zero-order valence-corrected chi connectivity index (χ0v) is 15.0. The van der Waals surface area contributed by atoms with E-state index in [0.29, 0.717) is 34.4 Å². The summed E-state index contributed by atoms with van der Waals surface area (Å²) in [4.78, 5) is 23.6.